The van der Waals surface area contributed by atoms with E-state index in [9.17, 15) is 9.59 Å². The van der Waals surface area contributed by atoms with Gasteiger partial charge < -0.3 is 10.2 Å². The van der Waals surface area contributed by atoms with Crippen LogP contribution in [0.1, 0.15) is 40.2 Å². The second-order valence-corrected chi connectivity index (χ2v) is 7.05. The number of carbonyl (C=O) groups excluding carboxylic acids is 2. The van der Waals surface area contributed by atoms with Crippen molar-refractivity contribution < 1.29 is 9.59 Å². The minimum atomic E-state index is -0.539. The fourth-order valence-electron chi connectivity index (χ4n) is 2.55. The summed E-state index contributed by atoms with van der Waals surface area (Å²) in [6.45, 7) is 9.52. The van der Waals surface area contributed by atoms with Crippen molar-refractivity contribution in [2.45, 2.75) is 40.7 Å². The lowest BCUT2D eigenvalue weighted by atomic mass is 9.91. The minimum Gasteiger partial charge on any atom is -0.322 e. The van der Waals surface area contributed by atoms with Crippen LogP contribution in [0, 0.1) is 11.3 Å². The molecule has 0 aliphatic carbocycles. The Balaban J connectivity index is 2.47. The largest absolute Gasteiger partial charge is 0.322 e. The van der Waals surface area contributed by atoms with Crippen molar-refractivity contribution in [2.24, 2.45) is 11.3 Å². The van der Waals surface area contributed by atoms with E-state index in [0.717, 1.165) is 5.56 Å². The molecule has 1 aromatic rings. The maximum absolute atomic E-state index is 12.8. The van der Waals surface area contributed by atoms with E-state index < -0.39 is 11.5 Å². The van der Waals surface area contributed by atoms with E-state index in [1.165, 1.54) is 0 Å². The minimum absolute atomic E-state index is 0.0415. The molecule has 0 unspecified atom stereocenters. The molecular formula is C18H24N2O2. The van der Waals surface area contributed by atoms with E-state index in [-0.39, 0.29) is 17.7 Å². The van der Waals surface area contributed by atoms with Gasteiger partial charge in [-0.05, 0) is 11.5 Å². The van der Waals surface area contributed by atoms with E-state index in [4.69, 9.17) is 0 Å². The SMILES string of the molecule is CC(C)[C@H]1C(=O)NC(c2ccccc2)=CN1C(=O)C(C)(C)C. The predicted octanol–water partition coefficient (Wildman–Crippen LogP) is 3.01. The number of rotatable bonds is 2. The monoisotopic (exact) mass is 300 g/mol. The highest BCUT2D eigenvalue weighted by atomic mass is 16.2. The molecule has 1 N–H and O–H groups in total. The molecule has 0 aromatic heterocycles. The first-order valence-electron chi connectivity index (χ1n) is 7.62. The number of nitrogens with zero attached hydrogens (tertiary/aromatic N) is 1. The zero-order valence-electron chi connectivity index (χ0n) is 13.9. The maximum Gasteiger partial charge on any atom is 0.247 e. The first kappa shape index (κ1) is 16.3. The van der Waals surface area contributed by atoms with Crippen LogP contribution in [0.15, 0.2) is 36.5 Å². The summed E-state index contributed by atoms with van der Waals surface area (Å²) in [5, 5.41) is 2.93. The summed E-state index contributed by atoms with van der Waals surface area (Å²) >= 11 is 0. The first-order valence-corrected chi connectivity index (χ1v) is 7.62. The lowest BCUT2D eigenvalue weighted by Crippen LogP contribution is -2.55. The summed E-state index contributed by atoms with van der Waals surface area (Å²) in [6.07, 6.45) is 1.77. The van der Waals surface area contributed by atoms with Gasteiger partial charge in [0, 0.05) is 11.6 Å². The average Bonchev–Trinajstić information content (AvgIpc) is 2.45. The Labute approximate surface area is 132 Å². The maximum atomic E-state index is 12.8. The third-order valence-electron chi connectivity index (χ3n) is 3.69. The van der Waals surface area contributed by atoms with E-state index in [1.54, 1.807) is 11.1 Å². The molecule has 0 spiro atoms. The van der Waals surface area contributed by atoms with Crippen molar-refractivity contribution >= 4 is 17.5 Å². The van der Waals surface area contributed by atoms with Crippen LogP contribution in [-0.4, -0.2) is 22.8 Å². The summed E-state index contributed by atoms with van der Waals surface area (Å²) < 4.78 is 0. The number of hydrogen-bond acceptors (Lipinski definition) is 2. The Morgan fingerprint density at radius 3 is 2.27 bits per heavy atom. The molecule has 0 bridgehead atoms. The molecule has 4 heteroatoms. The Morgan fingerprint density at radius 2 is 1.77 bits per heavy atom. The highest BCUT2D eigenvalue weighted by Crippen LogP contribution is 2.27. The fourth-order valence-corrected chi connectivity index (χ4v) is 2.55. The van der Waals surface area contributed by atoms with Crippen LogP contribution < -0.4 is 5.32 Å². The van der Waals surface area contributed by atoms with Crippen LogP contribution in [0.4, 0.5) is 0 Å². The van der Waals surface area contributed by atoms with Crippen molar-refractivity contribution in [3.05, 3.63) is 42.1 Å². The van der Waals surface area contributed by atoms with Gasteiger partial charge in [-0.2, -0.15) is 0 Å². The van der Waals surface area contributed by atoms with Gasteiger partial charge in [-0.15, -0.1) is 0 Å². The summed E-state index contributed by atoms with van der Waals surface area (Å²) in [5.41, 5.74) is 1.02. The van der Waals surface area contributed by atoms with Crippen molar-refractivity contribution in [3.8, 4) is 0 Å². The first-order chi connectivity index (χ1) is 10.2. The van der Waals surface area contributed by atoms with Gasteiger partial charge in [0.05, 0.1) is 5.70 Å². The summed E-state index contributed by atoms with van der Waals surface area (Å²) in [7, 11) is 0. The van der Waals surface area contributed by atoms with Crippen molar-refractivity contribution in [2.75, 3.05) is 0 Å². The van der Waals surface area contributed by atoms with Gasteiger partial charge in [-0.1, -0.05) is 65.0 Å². The third kappa shape index (κ3) is 3.21. The molecule has 22 heavy (non-hydrogen) atoms. The Morgan fingerprint density at radius 1 is 1.18 bits per heavy atom. The van der Waals surface area contributed by atoms with Crippen LogP contribution in [0.25, 0.3) is 5.70 Å². The van der Waals surface area contributed by atoms with Crippen LogP contribution in [-0.2, 0) is 9.59 Å². The lowest BCUT2D eigenvalue weighted by molar-refractivity contribution is -0.145. The van der Waals surface area contributed by atoms with Gasteiger partial charge in [0.1, 0.15) is 6.04 Å². The van der Waals surface area contributed by atoms with Crippen LogP contribution in [0.5, 0.6) is 0 Å². The fraction of sp³-hybridized carbons (Fsp3) is 0.444. The molecule has 0 saturated carbocycles. The van der Waals surface area contributed by atoms with Crippen molar-refractivity contribution in [1.82, 2.24) is 10.2 Å². The molecule has 1 aromatic carbocycles. The van der Waals surface area contributed by atoms with Gasteiger partial charge >= 0.3 is 0 Å². The molecule has 1 atom stereocenters. The number of benzene rings is 1. The number of hydrogen-bond donors (Lipinski definition) is 1. The third-order valence-corrected chi connectivity index (χ3v) is 3.69. The van der Waals surface area contributed by atoms with Crippen LogP contribution >= 0.6 is 0 Å². The van der Waals surface area contributed by atoms with Crippen LogP contribution in [0.3, 0.4) is 0 Å². The zero-order valence-corrected chi connectivity index (χ0v) is 13.9. The Hall–Kier alpha value is -2.10. The normalized spacial score (nSPS) is 19.0. The number of nitrogens with one attached hydrogen (secondary N) is 1. The second kappa shape index (κ2) is 5.95. The topological polar surface area (TPSA) is 49.4 Å². The molecule has 0 fully saturated rings. The summed E-state index contributed by atoms with van der Waals surface area (Å²) in [5.74, 6) is -0.136. The van der Waals surface area contributed by atoms with Gasteiger partial charge in [-0.3, -0.25) is 9.59 Å². The highest BCUT2D eigenvalue weighted by molar-refractivity contribution is 5.98. The molecule has 118 valence electrons. The number of amides is 2. The van der Waals surface area contributed by atoms with Gasteiger partial charge in [0.15, 0.2) is 0 Å². The highest BCUT2D eigenvalue weighted by Gasteiger charge is 2.39. The smallest absolute Gasteiger partial charge is 0.247 e. The molecule has 2 rings (SSSR count). The number of carbonyl (C=O) groups is 2. The average molecular weight is 300 g/mol. The second-order valence-electron chi connectivity index (χ2n) is 7.05. The molecule has 1 heterocycles. The lowest BCUT2D eigenvalue weighted by Gasteiger charge is -2.38. The molecule has 1 aliphatic heterocycles. The molecule has 0 saturated heterocycles. The predicted molar refractivity (Wildman–Crippen MR) is 87.5 cm³/mol. The molecule has 4 nitrogen and oxygen atoms in total. The standard InChI is InChI=1S/C18H24N2O2/c1-12(2)15-16(21)19-14(13-9-7-6-8-10-13)11-20(15)17(22)18(3,4)5/h6-12,15H,1-5H3,(H,19,21)/t15-/m0/s1. The summed E-state index contributed by atoms with van der Waals surface area (Å²) in [4.78, 5) is 26.9. The van der Waals surface area contributed by atoms with Crippen molar-refractivity contribution in [3.63, 3.8) is 0 Å². The van der Waals surface area contributed by atoms with Gasteiger partial charge in [0.2, 0.25) is 11.8 Å². The summed E-state index contributed by atoms with van der Waals surface area (Å²) in [6, 6.07) is 9.10. The van der Waals surface area contributed by atoms with E-state index in [2.05, 4.69) is 5.32 Å². The molecule has 0 radical (unpaired) electrons. The van der Waals surface area contributed by atoms with Gasteiger partial charge in [0.25, 0.3) is 0 Å². The van der Waals surface area contributed by atoms with E-state index in [1.807, 2.05) is 65.0 Å². The molecule has 1 aliphatic rings. The van der Waals surface area contributed by atoms with Crippen LogP contribution in [0.2, 0.25) is 0 Å². The quantitative estimate of drug-likeness (QED) is 0.912. The Kier molecular flexibility index (Phi) is 4.40. The molecular weight excluding hydrogens is 276 g/mol. The van der Waals surface area contributed by atoms with E-state index >= 15 is 0 Å². The molecule has 2 amide bonds. The Bertz CT molecular complexity index is 597. The zero-order chi connectivity index (χ0) is 16.5. The van der Waals surface area contributed by atoms with Gasteiger partial charge in [-0.25, -0.2) is 0 Å². The van der Waals surface area contributed by atoms with E-state index in [0.29, 0.717) is 5.70 Å². The van der Waals surface area contributed by atoms with Crippen molar-refractivity contribution in [1.29, 1.82) is 0 Å².